The van der Waals surface area contributed by atoms with Crippen LogP contribution in [-0.2, 0) is 4.74 Å². The van der Waals surface area contributed by atoms with Gasteiger partial charge >= 0.3 is 6.09 Å². The number of benzene rings is 1. The van der Waals surface area contributed by atoms with E-state index >= 15 is 0 Å². The maximum atomic E-state index is 13.4. The molecule has 0 aromatic heterocycles. The molecule has 0 radical (unpaired) electrons. The molecule has 0 saturated carbocycles. The highest BCUT2D eigenvalue weighted by molar-refractivity contribution is 5.67. The van der Waals surface area contributed by atoms with Crippen molar-refractivity contribution in [3.63, 3.8) is 0 Å². The molecule has 1 amide bonds. The first-order valence-corrected chi connectivity index (χ1v) is 4.63. The predicted molar refractivity (Wildman–Crippen MR) is 55.0 cm³/mol. The molecule has 4 heteroatoms. The number of hydrogen-bond donors (Lipinski definition) is 0. The zero-order valence-electron chi connectivity index (χ0n) is 9.03. The Morgan fingerprint density at radius 3 is 2.60 bits per heavy atom. The minimum Gasteiger partial charge on any atom is -0.453 e. The van der Waals surface area contributed by atoms with Gasteiger partial charge in [-0.2, -0.15) is 0 Å². The van der Waals surface area contributed by atoms with Crippen LogP contribution in [0.1, 0.15) is 18.5 Å². The quantitative estimate of drug-likeness (QED) is 0.752. The lowest BCUT2D eigenvalue weighted by atomic mass is 10.1. The minimum absolute atomic E-state index is 0.319. The summed E-state index contributed by atoms with van der Waals surface area (Å²) in [6.45, 7) is 1.75. The molecule has 0 aliphatic rings. The topological polar surface area (TPSA) is 29.5 Å². The Labute approximate surface area is 88.5 Å². The average molecular weight is 211 g/mol. The van der Waals surface area contributed by atoms with Gasteiger partial charge in [0.05, 0.1) is 13.2 Å². The number of amides is 1. The predicted octanol–water partition coefficient (Wildman–Crippen LogP) is 2.58. The molecule has 1 rings (SSSR count). The summed E-state index contributed by atoms with van der Waals surface area (Å²) in [4.78, 5) is 12.6. The second-order valence-corrected chi connectivity index (χ2v) is 3.28. The van der Waals surface area contributed by atoms with Crippen molar-refractivity contribution in [1.82, 2.24) is 4.90 Å². The van der Waals surface area contributed by atoms with Gasteiger partial charge in [-0.3, -0.25) is 0 Å². The van der Waals surface area contributed by atoms with Crippen molar-refractivity contribution in [2.24, 2.45) is 0 Å². The number of carbonyl (C=O) groups excluding carboxylic acids is 1. The maximum Gasteiger partial charge on any atom is 0.409 e. The van der Waals surface area contributed by atoms with Crippen molar-refractivity contribution in [1.29, 1.82) is 0 Å². The molecular weight excluding hydrogens is 197 g/mol. The molecule has 3 nitrogen and oxygen atoms in total. The Bertz CT molecular complexity index is 354. The van der Waals surface area contributed by atoms with Gasteiger partial charge in [0.25, 0.3) is 0 Å². The minimum atomic E-state index is -0.481. The fraction of sp³-hybridized carbons (Fsp3) is 0.364. The normalized spacial score (nSPS) is 12.0. The number of nitrogens with zero attached hydrogens (tertiary/aromatic N) is 1. The van der Waals surface area contributed by atoms with E-state index < -0.39 is 6.09 Å². The van der Waals surface area contributed by atoms with Gasteiger partial charge in [0.2, 0.25) is 0 Å². The summed E-state index contributed by atoms with van der Waals surface area (Å²) < 4.78 is 17.9. The zero-order chi connectivity index (χ0) is 11.4. The lowest BCUT2D eigenvalue weighted by Crippen LogP contribution is -2.29. The summed E-state index contributed by atoms with van der Waals surface area (Å²) in [5.74, 6) is -0.319. The van der Waals surface area contributed by atoms with Crippen LogP contribution >= 0.6 is 0 Å². The molecular formula is C11H14FNO2. The Morgan fingerprint density at radius 1 is 1.47 bits per heavy atom. The first-order chi connectivity index (χ1) is 7.07. The summed E-state index contributed by atoms with van der Waals surface area (Å²) in [6, 6.07) is 6.03. The van der Waals surface area contributed by atoms with E-state index in [1.165, 1.54) is 18.1 Å². The fourth-order valence-corrected chi connectivity index (χ4v) is 1.32. The number of hydrogen-bond acceptors (Lipinski definition) is 2. The van der Waals surface area contributed by atoms with Crippen molar-refractivity contribution in [3.05, 3.63) is 35.6 Å². The highest BCUT2D eigenvalue weighted by Gasteiger charge is 2.19. The first-order valence-electron chi connectivity index (χ1n) is 4.63. The highest BCUT2D eigenvalue weighted by Crippen LogP contribution is 2.21. The second kappa shape index (κ2) is 4.77. The molecule has 0 aliphatic heterocycles. The largest absolute Gasteiger partial charge is 0.453 e. The van der Waals surface area contributed by atoms with Gasteiger partial charge in [-0.25, -0.2) is 9.18 Å². The van der Waals surface area contributed by atoms with Crippen molar-refractivity contribution in [3.8, 4) is 0 Å². The summed E-state index contributed by atoms with van der Waals surface area (Å²) in [7, 11) is 2.87. The number of methoxy groups -OCH3 is 1. The molecule has 15 heavy (non-hydrogen) atoms. The van der Waals surface area contributed by atoms with E-state index in [4.69, 9.17) is 0 Å². The van der Waals surface area contributed by atoms with Crippen LogP contribution in [0.25, 0.3) is 0 Å². The smallest absolute Gasteiger partial charge is 0.409 e. The molecule has 0 spiro atoms. The van der Waals surface area contributed by atoms with E-state index in [9.17, 15) is 9.18 Å². The van der Waals surface area contributed by atoms with Gasteiger partial charge in [-0.15, -0.1) is 0 Å². The van der Waals surface area contributed by atoms with E-state index in [-0.39, 0.29) is 11.9 Å². The van der Waals surface area contributed by atoms with Gasteiger partial charge in [0.15, 0.2) is 0 Å². The molecule has 0 saturated heterocycles. The van der Waals surface area contributed by atoms with E-state index in [0.29, 0.717) is 5.56 Å². The van der Waals surface area contributed by atoms with E-state index in [0.717, 1.165) is 0 Å². The molecule has 1 unspecified atom stereocenters. The van der Waals surface area contributed by atoms with Crippen LogP contribution in [-0.4, -0.2) is 25.2 Å². The van der Waals surface area contributed by atoms with Gasteiger partial charge in [-0.05, 0) is 13.0 Å². The van der Waals surface area contributed by atoms with E-state index in [2.05, 4.69) is 4.74 Å². The van der Waals surface area contributed by atoms with Crippen LogP contribution in [0.2, 0.25) is 0 Å². The standard InChI is InChI=1S/C11H14FNO2/c1-8(13(2)11(14)15-3)9-6-4-5-7-10(9)12/h4-8H,1-3H3. The summed E-state index contributed by atoms with van der Waals surface area (Å²) >= 11 is 0. The SMILES string of the molecule is COC(=O)N(C)C(C)c1ccccc1F. The molecule has 0 N–H and O–H groups in total. The third-order valence-corrected chi connectivity index (χ3v) is 2.40. The van der Waals surface area contributed by atoms with Crippen molar-refractivity contribution in [2.75, 3.05) is 14.2 Å². The summed E-state index contributed by atoms with van der Waals surface area (Å²) in [5.41, 5.74) is 0.477. The molecule has 1 aromatic carbocycles. The summed E-state index contributed by atoms with van der Waals surface area (Å²) in [6.07, 6.45) is -0.481. The summed E-state index contributed by atoms with van der Waals surface area (Å²) in [5, 5.41) is 0. The van der Waals surface area contributed by atoms with Crippen molar-refractivity contribution < 1.29 is 13.9 Å². The Hall–Kier alpha value is -1.58. The molecule has 82 valence electrons. The highest BCUT2D eigenvalue weighted by atomic mass is 19.1. The second-order valence-electron chi connectivity index (χ2n) is 3.28. The lowest BCUT2D eigenvalue weighted by Gasteiger charge is -2.24. The first kappa shape index (κ1) is 11.5. The number of ether oxygens (including phenoxy) is 1. The van der Waals surface area contributed by atoms with Crippen LogP contribution in [0.5, 0.6) is 0 Å². The van der Waals surface area contributed by atoms with Crippen LogP contribution in [0, 0.1) is 5.82 Å². The third-order valence-electron chi connectivity index (χ3n) is 2.40. The molecule has 1 aromatic rings. The van der Waals surface area contributed by atoms with Crippen LogP contribution < -0.4 is 0 Å². The Kier molecular flexibility index (Phi) is 3.66. The van der Waals surface area contributed by atoms with Crippen LogP contribution in [0.15, 0.2) is 24.3 Å². The average Bonchev–Trinajstić information content (AvgIpc) is 2.26. The molecule has 0 heterocycles. The maximum absolute atomic E-state index is 13.4. The van der Waals surface area contributed by atoms with E-state index in [1.54, 1.807) is 32.2 Å². The molecule has 0 bridgehead atoms. The van der Waals surface area contributed by atoms with Crippen molar-refractivity contribution in [2.45, 2.75) is 13.0 Å². The number of halogens is 1. The Morgan fingerprint density at radius 2 is 2.07 bits per heavy atom. The molecule has 0 aliphatic carbocycles. The van der Waals surface area contributed by atoms with Crippen LogP contribution in [0.4, 0.5) is 9.18 Å². The van der Waals surface area contributed by atoms with Crippen LogP contribution in [0.3, 0.4) is 0 Å². The van der Waals surface area contributed by atoms with E-state index in [1.807, 2.05) is 0 Å². The Balaban J connectivity index is 2.89. The molecule has 0 fully saturated rings. The lowest BCUT2D eigenvalue weighted by molar-refractivity contribution is 0.120. The fourth-order valence-electron chi connectivity index (χ4n) is 1.32. The van der Waals surface area contributed by atoms with Gasteiger partial charge in [0, 0.05) is 12.6 Å². The number of rotatable bonds is 2. The third kappa shape index (κ3) is 2.46. The van der Waals surface area contributed by atoms with Gasteiger partial charge < -0.3 is 9.64 Å². The molecule has 1 atom stereocenters. The number of carbonyl (C=O) groups is 1. The van der Waals surface area contributed by atoms with Crippen molar-refractivity contribution >= 4 is 6.09 Å². The van der Waals surface area contributed by atoms with Gasteiger partial charge in [0.1, 0.15) is 5.82 Å². The zero-order valence-corrected chi connectivity index (χ0v) is 9.03. The monoisotopic (exact) mass is 211 g/mol. The van der Waals surface area contributed by atoms with Gasteiger partial charge in [-0.1, -0.05) is 18.2 Å².